The standard InChI is InChI=1S/C20H20N2O/c23-19(13-12-14-6-2-1-3-7-14)22-20-15-8-4-10-17(15)21-18-11-5-9-16(18)20/h1-3,6-7,12-13H,4-5,8-11H2,(H,21,22,23)/b13-12+. The van der Waals surface area contributed by atoms with Crippen LogP contribution in [0.4, 0.5) is 5.69 Å². The number of amides is 1. The fourth-order valence-electron chi connectivity index (χ4n) is 3.64. The van der Waals surface area contributed by atoms with E-state index in [1.807, 2.05) is 36.4 Å². The average molecular weight is 304 g/mol. The number of hydrogen-bond acceptors (Lipinski definition) is 2. The molecule has 0 aliphatic heterocycles. The molecule has 23 heavy (non-hydrogen) atoms. The third-order valence-electron chi connectivity index (χ3n) is 4.73. The normalized spacial score (nSPS) is 15.7. The first-order valence-electron chi connectivity index (χ1n) is 8.39. The number of pyridine rings is 1. The Hall–Kier alpha value is -2.42. The summed E-state index contributed by atoms with van der Waals surface area (Å²) in [5.74, 6) is -0.0525. The number of carbonyl (C=O) groups excluding carboxylic acids is 1. The fourth-order valence-corrected chi connectivity index (χ4v) is 3.64. The zero-order valence-corrected chi connectivity index (χ0v) is 13.1. The van der Waals surface area contributed by atoms with E-state index in [-0.39, 0.29) is 5.91 Å². The molecule has 0 fully saturated rings. The van der Waals surface area contributed by atoms with Crippen molar-refractivity contribution in [2.24, 2.45) is 0 Å². The van der Waals surface area contributed by atoms with Gasteiger partial charge in [-0.1, -0.05) is 30.3 Å². The lowest BCUT2D eigenvalue weighted by Crippen LogP contribution is -2.13. The Bertz CT molecular complexity index is 746. The van der Waals surface area contributed by atoms with Crippen molar-refractivity contribution in [3.05, 3.63) is 64.5 Å². The van der Waals surface area contributed by atoms with Crippen LogP contribution in [-0.2, 0) is 30.5 Å². The molecule has 0 saturated carbocycles. The number of carbonyl (C=O) groups is 1. The lowest BCUT2D eigenvalue weighted by atomic mass is 10.1. The Morgan fingerprint density at radius 2 is 1.61 bits per heavy atom. The molecule has 1 aromatic heterocycles. The lowest BCUT2D eigenvalue weighted by Gasteiger charge is -2.14. The third-order valence-corrected chi connectivity index (χ3v) is 4.73. The second-order valence-electron chi connectivity index (χ2n) is 6.28. The maximum absolute atomic E-state index is 12.4. The molecule has 2 aliphatic rings. The van der Waals surface area contributed by atoms with Crippen LogP contribution in [0.25, 0.3) is 6.08 Å². The Balaban J connectivity index is 1.60. The molecule has 0 saturated heterocycles. The van der Waals surface area contributed by atoms with Crippen molar-refractivity contribution in [3.63, 3.8) is 0 Å². The van der Waals surface area contributed by atoms with Gasteiger partial charge in [-0.3, -0.25) is 9.78 Å². The second-order valence-corrected chi connectivity index (χ2v) is 6.28. The fraction of sp³-hybridized carbons (Fsp3) is 0.300. The molecule has 0 atom stereocenters. The highest BCUT2D eigenvalue weighted by molar-refractivity contribution is 6.03. The third kappa shape index (κ3) is 2.79. The van der Waals surface area contributed by atoms with E-state index in [4.69, 9.17) is 4.98 Å². The summed E-state index contributed by atoms with van der Waals surface area (Å²) in [5.41, 5.74) is 7.04. The van der Waals surface area contributed by atoms with Crippen LogP contribution in [0.15, 0.2) is 36.4 Å². The number of anilines is 1. The SMILES string of the molecule is O=C(/C=C/c1ccccc1)Nc1c2c(nc3c1CCC3)CCC2. The van der Waals surface area contributed by atoms with E-state index in [1.54, 1.807) is 6.08 Å². The molecule has 1 amide bonds. The molecule has 1 aromatic carbocycles. The molecule has 0 bridgehead atoms. The monoisotopic (exact) mass is 304 g/mol. The van der Waals surface area contributed by atoms with Crippen molar-refractivity contribution >= 4 is 17.7 Å². The summed E-state index contributed by atoms with van der Waals surface area (Å²) in [6.45, 7) is 0. The second kappa shape index (κ2) is 5.99. The van der Waals surface area contributed by atoms with Crippen LogP contribution in [0, 0.1) is 0 Å². The highest BCUT2D eigenvalue weighted by Gasteiger charge is 2.25. The number of rotatable bonds is 3. The molecule has 0 unspecified atom stereocenters. The molecule has 4 rings (SSSR count). The minimum absolute atomic E-state index is 0.0525. The van der Waals surface area contributed by atoms with Crippen molar-refractivity contribution in [2.75, 3.05) is 5.32 Å². The smallest absolute Gasteiger partial charge is 0.248 e. The average Bonchev–Trinajstić information content (AvgIpc) is 3.22. The summed E-state index contributed by atoms with van der Waals surface area (Å²) in [4.78, 5) is 17.2. The number of hydrogen-bond donors (Lipinski definition) is 1. The molecule has 2 aromatic rings. The van der Waals surface area contributed by atoms with Gasteiger partial charge in [0.2, 0.25) is 5.91 Å². The van der Waals surface area contributed by atoms with Crippen molar-refractivity contribution in [1.82, 2.24) is 4.98 Å². The van der Waals surface area contributed by atoms with E-state index in [0.29, 0.717) is 0 Å². The molecule has 1 N–H and O–H groups in total. The van der Waals surface area contributed by atoms with Gasteiger partial charge in [-0.2, -0.15) is 0 Å². The molecule has 3 nitrogen and oxygen atoms in total. The van der Waals surface area contributed by atoms with Gasteiger partial charge in [0.25, 0.3) is 0 Å². The number of nitrogens with one attached hydrogen (secondary N) is 1. The van der Waals surface area contributed by atoms with Crippen LogP contribution in [0.5, 0.6) is 0 Å². The van der Waals surface area contributed by atoms with Gasteiger partial charge in [0.05, 0.1) is 5.69 Å². The zero-order valence-electron chi connectivity index (χ0n) is 13.1. The summed E-state index contributed by atoms with van der Waals surface area (Å²) in [6, 6.07) is 9.90. The van der Waals surface area contributed by atoms with E-state index < -0.39 is 0 Å². The van der Waals surface area contributed by atoms with Gasteiger partial charge in [0.1, 0.15) is 0 Å². The van der Waals surface area contributed by atoms with Crippen LogP contribution >= 0.6 is 0 Å². The van der Waals surface area contributed by atoms with Gasteiger partial charge in [-0.25, -0.2) is 0 Å². The van der Waals surface area contributed by atoms with Crippen molar-refractivity contribution in [1.29, 1.82) is 0 Å². The minimum atomic E-state index is -0.0525. The number of aryl methyl sites for hydroxylation is 2. The van der Waals surface area contributed by atoms with Gasteiger partial charge in [0, 0.05) is 17.5 Å². The zero-order chi connectivity index (χ0) is 15.6. The Morgan fingerprint density at radius 3 is 2.26 bits per heavy atom. The number of benzene rings is 1. The predicted molar refractivity (Wildman–Crippen MR) is 92.4 cm³/mol. The van der Waals surface area contributed by atoms with Crippen molar-refractivity contribution < 1.29 is 4.79 Å². The number of fused-ring (bicyclic) bond motifs is 2. The predicted octanol–water partition coefficient (Wildman–Crippen LogP) is 3.71. The molecular formula is C20H20N2O. The number of aromatic nitrogens is 1. The molecule has 0 radical (unpaired) electrons. The summed E-state index contributed by atoms with van der Waals surface area (Å²) < 4.78 is 0. The Morgan fingerprint density at radius 1 is 0.957 bits per heavy atom. The molecular weight excluding hydrogens is 284 g/mol. The van der Waals surface area contributed by atoms with Gasteiger partial charge in [-0.05, 0) is 61.3 Å². The molecule has 116 valence electrons. The van der Waals surface area contributed by atoms with Crippen molar-refractivity contribution in [2.45, 2.75) is 38.5 Å². The van der Waals surface area contributed by atoms with Crippen LogP contribution in [0.1, 0.15) is 40.9 Å². The van der Waals surface area contributed by atoms with Crippen LogP contribution in [0.2, 0.25) is 0 Å². The first-order valence-corrected chi connectivity index (χ1v) is 8.39. The lowest BCUT2D eigenvalue weighted by molar-refractivity contribution is -0.111. The van der Waals surface area contributed by atoms with E-state index in [0.717, 1.165) is 49.8 Å². The summed E-state index contributed by atoms with van der Waals surface area (Å²) in [7, 11) is 0. The summed E-state index contributed by atoms with van der Waals surface area (Å²) in [6.07, 6.45) is 9.94. The van der Waals surface area contributed by atoms with Gasteiger partial charge in [-0.15, -0.1) is 0 Å². The van der Waals surface area contributed by atoms with Gasteiger partial charge in [0.15, 0.2) is 0 Å². The maximum atomic E-state index is 12.4. The van der Waals surface area contributed by atoms with Crippen molar-refractivity contribution in [3.8, 4) is 0 Å². The molecule has 0 spiro atoms. The Labute approximate surface area is 136 Å². The van der Waals surface area contributed by atoms with E-state index in [2.05, 4.69) is 5.32 Å². The quantitative estimate of drug-likeness (QED) is 0.878. The minimum Gasteiger partial charge on any atom is -0.322 e. The number of nitrogens with zero attached hydrogens (tertiary/aromatic N) is 1. The van der Waals surface area contributed by atoms with E-state index >= 15 is 0 Å². The topological polar surface area (TPSA) is 42.0 Å². The van der Waals surface area contributed by atoms with Crippen LogP contribution in [-0.4, -0.2) is 10.9 Å². The largest absolute Gasteiger partial charge is 0.322 e. The molecule has 2 aliphatic carbocycles. The highest BCUT2D eigenvalue weighted by Crippen LogP contribution is 2.36. The first-order chi connectivity index (χ1) is 11.3. The summed E-state index contributed by atoms with van der Waals surface area (Å²) in [5, 5.41) is 3.15. The van der Waals surface area contributed by atoms with E-state index in [9.17, 15) is 4.79 Å². The highest BCUT2D eigenvalue weighted by atomic mass is 16.1. The van der Waals surface area contributed by atoms with Gasteiger partial charge < -0.3 is 5.32 Å². The summed E-state index contributed by atoms with van der Waals surface area (Å²) >= 11 is 0. The molecule has 3 heteroatoms. The molecule has 1 heterocycles. The van der Waals surface area contributed by atoms with Gasteiger partial charge >= 0.3 is 0 Å². The van der Waals surface area contributed by atoms with Crippen LogP contribution < -0.4 is 5.32 Å². The Kier molecular flexibility index (Phi) is 3.70. The first kappa shape index (κ1) is 14.2. The maximum Gasteiger partial charge on any atom is 0.248 e. The van der Waals surface area contributed by atoms with Crippen LogP contribution in [0.3, 0.4) is 0 Å². The van der Waals surface area contributed by atoms with E-state index in [1.165, 1.54) is 22.5 Å².